The van der Waals surface area contributed by atoms with Crippen LogP contribution in [0.2, 0.25) is 0 Å². The molecule has 0 amide bonds. The van der Waals surface area contributed by atoms with Crippen molar-refractivity contribution < 1.29 is 0 Å². The fraction of sp³-hybridized carbons (Fsp3) is 0.571. The third-order valence-corrected chi connectivity index (χ3v) is 3.73. The molecule has 1 fully saturated rings. The van der Waals surface area contributed by atoms with Gasteiger partial charge in [0.05, 0.1) is 0 Å². The van der Waals surface area contributed by atoms with Crippen LogP contribution in [0.5, 0.6) is 0 Å². The lowest BCUT2D eigenvalue weighted by molar-refractivity contribution is 0.306. The molecule has 16 heavy (non-hydrogen) atoms. The van der Waals surface area contributed by atoms with Gasteiger partial charge in [-0.25, -0.2) is 0 Å². The minimum Gasteiger partial charge on any atom is -0.305 e. The quantitative estimate of drug-likeness (QED) is 0.742. The van der Waals surface area contributed by atoms with Crippen molar-refractivity contribution >= 4 is 12.6 Å². The second-order valence-electron chi connectivity index (χ2n) is 4.95. The van der Waals surface area contributed by atoms with E-state index < -0.39 is 0 Å². The minimum atomic E-state index is 0.563. The summed E-state index contributed by atoms with van der Waals surface area (Å²) in [5.74, 6) is 2.47. The molecule has 1 atom stereocenters. The van der Waals surface area contributed by atoms with Crippen molar-refractivity contribution in [2.24, 2.45) is 5.92 Å². The zero-order valence-electron chi connectivity index (χ0n) is 9.97. The number of benzene rings is 1. The lowest BCUT2D eigenvalue weighted by Gasteiger charge is -2.23. The molecule has 2 heteroatoms. The van der Waals surface area contributed by atoms with Gasteiger partial charge in [0.25, 0.3) is 0 Å². The molecule has 1 aromatic rings. The molecule has 0 radical (unpaired) electrons. The Labute approximate surface area is 104 Å². The van der Waals surface area contributed by atoms with Crippen LogP contribution in [0.1, 0.15) is 24.3 Å². The van der Waals surface area contributed by atoms with E-state index in [0.717, 1.165) is 18.2 Å². The second-order valence-corrected chi connectivity index (χ2v) is 5.32. The molecule has 0 spiro atoms. The van der Waals surface area contributed by atoms with Gasteiger partial charge in [-0.3, -0.25) is 0 Å². The van der Waals surface area contributed by atoms with E-state index in [-0.39, 0.29) is 0 Å². The highest BCUT2D eigenvalue weighted by atomic mass is 32.1. The molecule has 0 saturated heterocycles. The van der Waals surface area contributed by atoms with Gasteiger partial charge in [-0.05, 0) is 37.1 Å². The first-order valence-electron chi connectivity index (χ1n) is 6.14. The zero-order valence-corrected chi connectivity index (χ0v) is 10.9. The van der Waals surface area contributed by atoms with Crippen LogP contribution in [0, 0.1) is 5.92 Å². The second kappa shape index (κ2) is 5.74. The van der Waals surface area contributed by atoms with Gasteiger partial charge in [0, 0.05) is 19.0 Å². The summed E-state index contributed by atoms with van der Waals surface area (Å²) in [6, 6.07) is 10.7. The summed E-state index contributed by atoms with van der Waals surface area (Å²) in [6.45, 7) is 2.39. The molecular formula is C14H21NS. The topological polar surface area (TPSA) is 3.24 Å². The van der Waals surface area contributed by atoms with Crippen molar-refractivity contribution in [3.8, 4) is 0 Å². The maximum atomic E-state index is 4.48. The lowest BCUT2D eigenvalue weighted by atomic mass is 10.0. The molecule has 0 heterocycles. The molecule has 1 nitrogen and oxygen atoms in total. The van der Waals surface area contributed by atoms with Gasteiger partial charge < -0.3 is 4.90 Å². The van der Waals surface area contributed by atoms with E-state index >= 15 is 0 Å². The summed E-state index contributed by atoms with van der Waals surface area (Å²) < 4.78 is 0. The first kappa shape index (κ1) is 12.0. The summed E-state index contributed by atoms with van der Waals surface area (Å²) in [4.78, 5) is 2.46. The number of hydrogen-bond donors (Lipinski definition) is 1. The van der Waals surface area contributed by atoms with Crippen LogP contribution in [0.3, 0.4) is 0 Å². The van der Waals surface area contributed by atoms with Crippen LogP contribution >= 0.6 is 12.6 Å². The maximum absolute atomic E-state index is 4.48. The monoisotopic (exact) mass is 235 g/mol. The van der Waals surface area contributed by atoms with E-state index in [0.29, 0.717) is 5.92 Å². The molecule has 1 aromatic carbocycles. The Bertz CT molecular complexity index is 308. The van der Waals surface area contributed by atoms with Crippen LogP contribution in [0.4, 0.5) is 0 Å². The predicted molar refractivity (Wildman–Crippen MR) is 73.3 cm³/mol. The normalized spacial score (nSPS) is 17.7. The molecule has 1 saturated carbocycles. The van der Waals surface area contributed by atoms with E-state index in [1.807, 2.05) is 0 Å². The molecule has 0 bridgehead atoms. The van der Waals surface area contributed by atoms with Crippen molar-refractivity contribution in [3.63, 3.8) is 0 Å². The van der Waals surface area contributed by atoms with Crippen LogP contribution < -0.4 is 0 Å². The third-order valence-electron chi connectivity index (χ3n) is 3.29. The SMILES string of the molecule is CN(CC1CC1)CC(CS)c1ccccc1. The van der Waals surface area contributed by atoms with E-state index in [9.17, 15) is 0 Å². The van der Waals surface area contributed by atoms with Gasteiger partial charge in [0.1, 0.15) is 0 Å². The molecule has 0 N–H and O–H groups in total. The van der Waals surface area contributed by atoms with E-state index in [2.05, 4.69) is 54.9 Å². The van der Waals surface area contributed by atoms with Crippen LogP contribution in [0.15, 0.2) is 30.3 Å². The summed E-state index contributed by atoms with van der Waals surface area (Å²) >= 11 is 4.48. The number of thiol groups is 1. The fourth-order valence-electron chi connectivity index (χ4n) is 2.19. The van der Waals surface area contributed by atoms with Crippen molar-refractivity contribution in [3.05, 3.63) is 35.9 Å². The largest absolute Gasteiger partial charge is 0.305 e. The number of nitrogens with zero attached hydrogens (tertiary/aromatic N) is 1. The Morgan fingerprint density at radius 2 is 2.00 bits per heavy atom. The molecule has 88 valence electrons. The highest BCUT2D eigenvalue weighted by Gasteiger charge is 2.23. The van der Waals surface area contributed by atoms with E-state index in [4.69, 9.17) is 0 Å². The highest BCUT2D eigenvalue weighted by molar-refractivity contribution is 7.80. The van der Waals surface area contributed by atoms with Crippen LogP contribution in [0.25, 0.3) is 0 Å². The molecule has 0 aliphatic heterocycles. The Morgan fingerprint density at radius 1 is 1.31 bits per heavy atom. The minimum absolute atomic E-state index is 0.563. The van der Waals surface area contributed by atoms with Crippen molar-refractivity contribution in [2.45, 2.75) is 18.8 Å². The highest BCUT2D eigenvalue weighted by Crippen LogP contribution is 2.30. The Hall–Kier alpha value is -0.470. The van der Waals surface area contributed by atoms with Gasteiger partial charge in [-0.1, -0.05) is 30.3 Å². The van der Waals surface area contributed by atoms with E-state index in [1.165, 1.54) is 24.9 Å². The predicted octanol–water partition coefficient (Wildman–Crippen LogP) is 3.04. The first-order chi connectivity index (χ1) is 7.79. The molecule has 0 aromatic heterocycles. The molecule has 1 aliphatic rings. The average molecular weight is 235 g/mol. The molecule has 2 rings (SSSR count). The van der Waals surface area contributed by atoms with Crippen molar-refractivity contribution in [2.75, 3.05) is 25.9 Å². The van der Waals surface area contributed by atoms with Gasteiger partial charge in [-0.2, -0.15) is 12.6 Å². The van der Waals surface area contributed by atoms with Crippen LogP contribution in [-0.4, -0.2) is 30.8 Å². The lowest BCUT2D eigenvalue weighted by Crippen LogP contribution is -2.27. The summed E-state index contributed by atoms with van der Waals surface area (Å²) in [5.41, 5.74) is 1.42. The number of likely N-dealkylation sites (N-methyl/N-ethyl adjacent to an activating group) is 1. The van der Waals surface area contributed by atoms with E-state index in [1.54, 1.807) is 0 Å². The van der Waals surface area contributed by atoms with Gasteiger partial charge in [0.2, 0.25) is 0 Å². The van der Waals surface area contributed by atoms with Gasteiger partial charge in [0.15, 0.2) is 0 Å². The fourth-order valence-corrected chi connectivity index (χ4v) is 2.51. The average Bonchev–Trinajstić information content (AvgIpc) is 3.11. The standard InChI is InChI=1S/C14H21NS/c1-15(9-12-7-8-12)10-14(11-16)13-5-3-2-4-6-13/h2-6,12,14,16H,7-11H2,1H3. The summed E-state index contributed by atoms with van der Waals surface area (Å²) in [6.07, 6.45) is 2.86. The summed E-state index contributed by atoms with van der Waals surface area (Å²) in [5, 5.41) is 0. The molecular weight excluding hydrogens is 214 g/mol. The Balaban J connectivity index is 1.89. The van der Waals surface area contributed by atoms with Crippen molar-refractivity contribution in [1.82, 2.24) is 4.90 Å². The Morgan fingerprint density at radius 3 is 2.56 bits per heavy atom. The van der Waals surface area contributed by atoms with Gasteiger partial charge >= 0.3 is 0 Å². The van der Waals surface area contributed by atoms with Crippen molar-refractivity contribution in [1.29, 1.82) is 0 Å². The number of rotatable bonds is 6. The Kier molecular flexibility index (Phi) is 4.30. The summed E-state index contributed by atoms with van der Waals surface area (Å²) in [7, 11) is 2.23. The first-order valence-corrected chi connectivity index (χ1v) is 6.77. The molecule has 1 aliphatic carbocycles. The smallest absolute Gasteiger partial charge is 0.00552 e. The third kappa shape index (κ3) is 3.53. The number of hydrogen-bond acceptors (Lipinski definition) is 2. The van der Waals surface area contributed by atoms with Crippen LogP contribution in [-0.2, 0) is 0 Å². The molecule has 1 unspecified atom stereocenters. The maximum Gasteiger partial charge on any atom is 0.00552 e. The van der Waals surface area contributed by atoms with Gasteiger partial charge in [-0.15, -0.1) is 0 Å². The zero-order chi connectivity index (χ0) is 11.4.